The number of rotatable bonds is 5. The van der Waals surface area contributed by atoms with Gasteiger partial charge in [0.1, 0.15) is 0 Å². The number of aromatic nitrogens is 1. The quantitative estimate of drug-likeness (QED) is 0.405. The molecule has 2 aromatic rings. The van der Waals surface area contributed by atoms with Crippen LogP contribution in [-0.4, -0.2) is 24.5 Å². The summed E-state index contributed by atoms with van der Waals surface area (Å²) in [7, 11) is 1.77. The minimum Gasteiger partial charge on any atom is -0.356 e. The third kappa shape index (κ3) is 6.28. The van der Waals surface area contributed by atoms with Crippen molar-refractivity contribution in [2.45, 2.75) is 25.8 Å². The summed E-state index contributed by atoms with van der Waals surface area (Å²) in [5, 5.41) is 7.40. The molecule has 0 aliphatic heterocycles. The molecule has 0 amide bonds. The smallest absolute Gasteiger partial charge is 0.191 e. The average molecular weight is 459 g/mol. The molecule has 0 aliphatic rings. The van der Waals surface area contributed by atoms with E-state index in [4.69, 9.17) is 11.6 Å². The van der Waals surface area contributed by atoms with E-state index in [1.54, 1.807) is 13.2 Å². The Morgan fingerprint density at radius 1 is 1.12 bits per heavy atom. The van der Waals surface area contributed by atoms with Gasteiger partial charge in [0.25, 0.3) is 0 Å². The fourth-order valence-corrected chi connectivity index (χ4v) is 2.33. The normalized spacial score (nSPS) is 11.6. The number of hydrogen-bond donors (Lipinski definition) is 2. The van der Waals surface area contributed by atoms with Gasteiger partial charge in [0.2, 0.25) is 0 Å². The molecular formula is C18H24ClIN4. The third-order valence-corrected chi connectivity index (χ3v) is 3.96. The maximum atomic E-state index is 5.96. The Morgan fingerprint density at radius 3 is 2.42 bits per heavy atom. The van der Waals surface area contributed by atoms with E-state index in [-0.39, 0.29) is 29.4 Å². The minimum absolute atomic E-state index is 0. The first-order valence-electron chi connectivity index (χ1n) is 7.62. The fourth-order valence-electron chi connectivity index (χ4n) is 2.21. The second-order valence-corrected chi connectivity index (χ2v) is 6.43. The molecule has 2 N–H and O–H groups in total. The lowest BCUT2D eigenvalue weighted by Crippen LogP contribution is -2.43. The van der Waals surface area contributed by atoms with Gasteiger partial charge in [-0.3, -0.25) is 9.98 Å². The summed E-state index contributed by atoms with van der Waals surface area (Å²) in [6.45, 7) is 5.78. The SMILES string of the molecule is CN=C(NCc1ccccn1)NCC(C)(C)c1ccc(Cl)cc1.I. The summed E-state index contributed by atoms with van der Waals surface area (Å²) in [5.41, 5.74) is 2.18. The molecular weight excluding hydrogens is 435 g/mol. The molecule has 1 heterocycles. The monoisotopic (exact) mass is 458 g/mol. The van der Waals surface area contributed by atoms with E-state index in [0.29, 0.717) is 6.54 Å². The first-order chi connectivity index (χ1) is 11.0. The van der Waals surface area contributed by atoms with Crippen molar-refractivity contribution in [1.29, 1.82) is 0 Å². The molecule has 0 bridgehead atoms. The number of hydrogen-bond acceptors (Lipinski definition) is 2. The first-order valence-corrected chi connectivity index (χ1v) is 7.99. The van der Waals surface area contributed by atoms with Gasteiger partial charge in [-0.1, -0.05) is 43.6 Å². The number of nitrogens with one attached hydrogen (secondary N) is 2. The van der Waals surface area contributed by atoms with Crippen LogP contribution in [-0.2, 0) is 12.0 Å². The van der Waals surface area contributed by atoms with Crippen LogP contribution >= 0.6 is 35.6 Å². The number of halogens is 2. The van der Waals surface area contributed by atoms with Crippen LogP contribution in [0.25, 0.3) is 0 Å². The van der Waals surface area contributed by atoms with Crippen molar-refractivity contribution in [3.05, 3.63) is 64.9 Å². The van der Waals surface area contributed by atoms with Crippen LogP contribution in [0.5, 0.6) is 0 Å². The topological polar surface area (TPSA) is 49.3 Å². The molecule has 24 heavy (non-hydrogen) atoms. The van der Waals surface area contributed by atoms with E-state index in [1.807, 2.05) is 30.3 Å². The highest BCUT2D eigenvalue weighted by Crippen LogP contribution is 2.23. The van der Waals surface area contributed by atoms with Gasteiger partial charge in [-0.15, -0.1) is 24.0 Å². The summed E-state index contributed by atoms with van der Waals surface area (Å²) in [5.74, 6) is 0.762. The molecule has 2 rings (SSSR count). The maximum absolute atomic E-state index is 5.96. The van der Waals surface area contributed by atoms with Gasteiger partial charge in [-0.25, -0.2) is 0 Å². The highest BCUT2D eigenvalue weighted by atomic mass is 127. The number of guanidine groups is 1. The van der Waals surface area contributed by atoms with E-state index in [2.05, 4.69) is 46.6 Å². The zero-order chi connectivity index (χ0) is 16.7. The molecule has 1 aromatic carbocycles. The summed E-state index contributed by atoms with van der Waals surface area (Å²) in [6.07, 6.45) is 1.79. The number of benzene rings is 1. The van der Waals surface area contributed by atoms with E-state index in [9.17, 15) is 0 Å². The fraction of sp³-hybridized carbons (Fsp3) is 0.333. The molecule has 0 radical (unpaired) electrons. The van der Waals surface area contributed by atoms with Crippen LogP contribution in [0.15, 0.2) is 53.7 Å². The molecule has 6 heteroatoms. The van der Waals surface area contributed by atoms with Crippen LogP contribution in [0.4, 0.5) is 0 Å². The summed E-state index contributed by atoms with van der Waals surface area (Å²) >= 11 is 5.96. The van der Waals surface area contributed by atoms with Crippen molar-refractivity contribution in [3.63, 3.8) is 0 Å². The van der Waals surface area contributed by atoms with Crippen molar-refractivity contribution in [1.82, 2.24) is 15.6 Å². The molecule has 0 saturated carbocycles. The molecule has 0 fully saturated rings. The van der Waals surface area contributed by atoms with Gasteiger partial charge in [0.05, 0.1) is 12.2 Å². The van der Waals surface area contributed by atoms with Gasteiger partial charge in [0, 0.05) is 30.2 Å². The Balaban J connectivity index is 0.00000288. The van der Waals surface area contributed by atoms with Crippen LogP contribution < -0.4 is 10.6 Å². The van der Waals surface area contributed by atoms with Gasteiger partial charge < -0.3 is 10.6 Å². The molecule has 0 unspecified atom stereocenters. The summed E-state index contributed by atoms with van der Waals surface area (Å²) < 4.78 is 0. The molecule has 4 nitrogen and oxygen atoms in total. The van der Waals surface area contributed by atoms with Crippen molar-refractivity contribution in [3.8, 4) is 0 Å². The molecule has 130 valence electrons. The standard InChI is InChI=1S/C18H23ClN4.HI/c1-18(2,14-7-9-15(19)10-8-14)13-23-17(20-3)22-12-16-6-4-5-11-21-16;/h4-11H,12-13H2,1-3H3,(H2,20,22,23);1H. The van der Waals surface area contributed by atoms with E-state index in [0.717, 1.165) is 23.2 Å². The van der Waals surface area contributed by atoms with Crippen LogP contribution in [0.1, 0.15) is 25.1 Å². The van der Waals surface area contributed by atoms with Gasteiger partial charge >= 0.3 is 0 Å². The molecule has 0 saturated heterocycles. The second kappa shape index (κ2) is 9.84. The summed E-state index contributed by atoms with van der Waals surface area (Å²) in [4.78, 5) is 8.55. The lowest BCUT2D eigenvalue weighted by atomic mass is 9.85. The lowest BCUT2D eigenvalue weighted by molar-refractivity contribution is 0.508. The molecule has 1 aromatic heterocycles. The van der Waals surface area contributed by atoms with E-state index in [1.165, 1.54) is 5.56 Å². The number of aliphatic imine (C=N–C) groups is 1. The van der Waals surface area contributed by atoms with Crippen molar-refractivity contribution in [2.24, 2.45) is 4.99 Å². The van der Waals surface area contributed by atoms with Gasteiger partial charge in [-0.2, -0.15) is 0 Å². The number of pyridine rings is 1. The van der Waals surface area contributed by atoms with E-state index < -0.39 is 0 Å². The first kappa shape index (κ1) is 20.7. The van der Waals surface area contributed by atoms with Crippen LogP contribution in [0.2, 0.25) is 5.02 Å². The number of nitrogens with zero attached hydrogens (tertiary/aromatic N) is 2. The van der Waals surface area contributed by atoms with Gasteiger partial charge in [0.15, 0.2) is 5.96 Å². The predicted octanol–water partition coefficient (Wildman–Crippen LogP) is 4.00. The minimum atomic E-state index is -0.0345. The zero-order valence-electron chi connectivity index (χ0n) is 14.2. The predicted molar refractivity (Wildman–Crippen MR) is 112 cm³/mol. The highest BCUT2D eigenvalue weighted by molar-refractivity contribution is 14.0. The molecule has 0 atom stereocenters. The molecule has 0 spiro atoms. The average Bonchev–Trinajstić information content (AvgIpc) is 2.56. The summed E-state index contributed by atoms with van der Waals surface area (Å²) in [6, 6.07) is 13.8. The van der Waals surface area contributed by atoms with Crippen molar-refractivity contribution >= 4 is 41.5 Å². The highest BCUT2D eigenvalue weighted by Gasteiger charge is 2.20. The maximum Gasteiger partial charge on any atom is 0.191 e. The Labute approximate surface area is 166 Å². The Morgan fingerprint density at radius 2 is 1.83 bits per heavy atom. The largest absolute Gasteiger partial charge is 0.356 e. The Hall–Kier alpha value is -1.34. The second-order valence-electron chi connectivity index (χ2n) is 5.99. The van der Waals surface area contributed by atoms with Crippen LogP contribution in [0, 0.1) is 0 Å². The zero-order valence-corrected chi connectivity index (χ0v) is 17.3. The van der Waals surface area contributed by atoms with Gasteiger partial charge in [-0.05, 0) is 29.8 Å². The molecule has 0 aliphatic carbocycles. The Kier molecular flexibility index (Phi) is 8.48. The van der Waals surface area contributed by atoms with Crippen LogP contribution in [0.3, 0.4) is 0 Å². The van der Waals surface area contributed by atoms with Crippen molar-refractivity contribution < 1.29 is 0 Å². The van der Waals surface area contributed by atoms with E-state index >= 15 is 0 Å². The van der Waals surface area contributed by atoms with Crippen molar-refractivity contribution in [2.75, 3.05) is 13.6 Å². The Bertz CT molecular complexity index is 642. The third-order valence-electron chi connectivity index (χ3n) is 3.71. The lowest BCUT2D eigenvalue weighted by Gasteiger charge is -2.26.